The molecule has 0 N–H and O–H groups in total. The molecule has 0 aliphatic rings. The predicted molar refractivity (Wildman–Crippen MR) is 62.2 cm³/mol. The predicted octanol–water partition coefficient (Wildman–Crippen LogP) is 3.02. The van der Waals surface area contributed by atoms with Gasteiger partial charge in [-0.15, -0.1) is 0 Å². The Morgan fingerprint density at radius 3 is 2.82 bits per heavy atom. The van der Waals surface area contributed by atoms with E-state index in [1.807, 2.05) is 0 Å². The van der Waals surface area contributed by atoms with Crippen molar-refractivity contribution in [3.63, 3.8) is 0 Å². The standard InChI is InChI=1S/C11H12BrF2NO2/c1-2-17-10(16)4-8-3-7(5-12)9(6-15-8)11(13)14/h3,6,11H,2,4-5H2,1H3. The second-order valence-electron chi connectivity index (χ2n) is 3.29. The van der Waals surface area contributed by atoms with Gasteiger partial charge in [-0.2, -0.15) is 0 Å². The van der Waals surface area contributed by atoms with Gasteiger partial charge in [-0.05, 0) is 18.6 Å². The number of carbonyl (C=O) groups excluding carboxylic acids is 1. The van der Waals surface area contributed by atoms with Gasteiger partial charge in [-0.3, -0.25) is 9.78 Å². The highest BCUT2D eigenvalue weighted by Crippen LogP contribution is 2.24. The van der Waals surface area contributed by atoms with E-state index in [0.29, 0.717) is 23.2 Å². The molecule has 0 aromatic carbocycles. The minimum atomic E-state index is -2.56. The van der Waals surface area contributed by atoms with Crippen LogP contribution in [-0.2, 0) is 21.3 Å². The molecule has 3 nitrogen and oxygen atoms in total. The molecule has 0 bridgehead atoms. The first-order valence-electron chi connectivity index (χ1n) is 5.05. The molecule has 0 fully saturated rings. The van der Waals surface area contributed by atoms with Crippen molar-refractivity contribution in [2.45, 2.75) is 25.1 Å². The molecule has 0 saturated heterocycles. The van der Waals surface area contributed by atoms with E-state index in [4.69, 9.17) is 4.74 Å². The smallest absolute Gasteiger partial charge is 0.311 e. The first-order chi connectivity index (χ1) is 8.08. The minimum Gasteiger partial charge on any atom is -0.466 e. The zero-order valence-corrected chi connectivity index (χ0v) is 10.8. The van der Waals surface area contributed by atoms with Gasteiger partial charge in [0.1, 0.15) is 0 Å². The van der Waals surface area contributed by atoms with Crippen molar-refractivity contribution in [1.82, 2.24) is 4.98 Å². The Hall–Kier alpha value is -1.04. The second-order valence-corrected chi connectivity index (χ2v) is 3.85. The van der Waals surface area contributed by atoms with Crippen LogP contribution >= 0.6 is 15.9 Å². The summed E-state index contributed by atoms with van der Waals surface area (Å²) in [4.78, 5) is 15.0. The van der Waals surface area contributed by atoms with Gasteiger partial charge in [0.2, 0.25) is 0 Å². The van der Waals surface area contributed by atoms with Crippen LogP contribution in [0.2, 0.25) is 0 Å². The van der Waals surface area contributed by atoms with Gasteiger partial charge in [-0.25, -0.2) is 8.78 Å². The molecule has 1 heterocycles. The Morgan fingerprint density at radius 2 is 2.29 bits per heavy atom. The maximum atomic E-state index is 12.6. The van der Waals surface area contributed by atoms with Crippen molar-refractivity contribution in [2.75, 3.05) is 6.61 Å². The first kappa shape index (κ1) is 14.0. The van der Waals surface area contributed by atoms with Crippen molar-refractivity contribution in [3.05, 3.63) is 29.1 Å². The number of esters is 1. The van der Waals surface area contributed by atoms with E-state index in [0.717, 1.165) is 6.20 Å². The van der Waals surface area contributed by atoms with Gasteiger partial charge in [-0.1, -0.05) is 15.9 Å². The third kappa shape index (κ3) is 4.03. The molecule has 1 aromatic rings. The van der Waals surface area contributed by atoms with Crippen LogP contribution < -0.4 is 0 Å². The molecular formula is C11H12BrF2NO2. The maximum Gasteiger partial charge on any atom is 0.311 e. The molecule has 17 heavy (non-hydrogen) atoms. The molecule has 94 valence electrons. The summed E-state index contributed by atoms with van der Waals surface area (Å²) < 4.78 is 29.9. The van der Waals surface area contributed by atoms with Crippen LogP contribution in [0.4, 0.5) is 8.78 Å². The Labute approximate surface area is 106 Å². The van der Waals surface area contributed by atoms with Crippen molar-refractivity contribution in [2.24, 2.45) is 0 Å². The van der Waals surface area contributed by atoms with Crippen LogP contribution in [-0.4, -0.2) is 17.6 Å². The van der Waals surface area contributed by atoms with Gasteiger partial charge >= 0.3 is 5.97 Å². The molecule has 0 atom stereocenters. The maximum absolute atomic E-state index is 12.6. The number of hydrogen-bond donors (Lipinski definition) is 0. The Morgan fingerprint density at radius 1 is 1.59 bits per heavy atom. The zero-order chi connectivity index (χ0) is 12.8. The molecule has 0 aliphatic carbocycles. The van der Waals surface area contributed by atoms with Crippen molar-refractivity contribution in [1.29, 1.82) is 0 Å². The Bertz CT molecular complexity index is 399. The van der Waals surface area contributed by atoms with Gasteiger partial charge in [0.25, 0.3) is 6.43 Å². The highest BCUT2D eigenvalue weighted by Gasteiger charge is 2.14. The fraction of sp³-hybridized carbons (Fsp3) is 0.455. The van der Waals surface area contributed by atoms with Gasteiger partial charge in [0.05, 0.1) is 18.7 Å². The molecule has 0 radical (unpaired) electrons. The van der Waals surface area contributed by atoms with E-state index < -0.39 is 12.4 Å². The van der Waals surface area contributed by atoms with E-state index in [1.54, 1.807) is 6.92 Å². The van der Waals surface area contributed by atoms with Crippen molar-refractivity contribution >= 4 is 21.9 Å². The fourth-order valence-corrected chi connectivity index (χ4v) is 1.81. The number of alkyl halides is 3. The average Bonchev–Trinajstić information content (AvgIpc) is 2.28. The number of ether oxygens (including phenoxy) is 1. The van der Waals surface area contributed by atoms with Crippen LogP contribution in [0.5, 0.6) is 0 Å². The van der Waals surface area contributed by atoms with Gasteiger partial charge in [0.15, 0.2) is 0 Å². The quantitative estimate of drug-likeness (QED) is 0.620. The van der Waals surface area contributed by atoms with Crippen LogP contribution in [0, 0.1) is 0 Å². The Balaban J connectivity index is 2.86. The van der Waals surface area contributed by atoms with E-state index >= 15 is 0 Å². The van der Waals surface area contributed by atoms with Crippen LogP contribution in [0.25, 0.3) is 0 Å². The third-order valence-corrected chi connectivity index (χ3v) is 2.70. The van der Waals surface area contributed by atoms with E-state index in [9.17, 15) is 13.6 Å². The number of nitrogens with zero attached hydrogens (tertiary/aromatic N) is 1. The lowest BCUT2D eigenvalue weighted by Crippen LogP contribution is -2.09. The normalized spacial score (nSPS) is 10.6. The largest absolute Gasteiger partial charge is 0.466 e. The molecule has 1 rings (SSSR count). The molecular weight excluding hydrogens is 296 g/mol. The number of hydrogen-bond acceptors (Lipinski definition) is 3. The number of carbonyl (C=O) groups is 1. The number of aromatic nitrogens is 1. The minimum absolute atomic E-state index is 0.00262. The molecule has 0 unspecified atom stereocenters. The molecule has 0 aliphatic heterocycles. The summed E-state index contributed by atoms with van der Waals surface area (Å²) in [6, 6.07) is 1.49. The number of pyridine rings is 1. The lowest BCUT2D eigenvalue weighted by atomic mass is 10.1. The molecule has 0 spiro atoms. The van der Waals surface area contributed by atoms with Gasteiger partial charge < -0.3 is 4.74 Å². The summed E-state index contributed by atoms with van der Waals surface area (Å²) in [6.07, 6.45) is -1.46. The van der Waals surface area contributed by atoms with E-state index in [-0.39, 0.29) is 12.0 Å². The highest BCUT2D eigenvalue weighted by atomic mass is 79.9. The highest BCUT2D eigenvalue weighted by molar-refractivity contribution is 9.08. The van der Waals surface area contributed by atoms with Crippen LogP contribution in [0.3, 0.4) is 0 Å². The fourth-order valence-electron chi connectivity index (χ4n) is 1.33. The zero-order valence-electron chi connectivity index (χ0n) is 9.25. The van der Waals surface area contributed by atoms with Crippen molar-refractivity contribution in [3.8, 4) is 0 Å². The lowest BCUT2D eigenvalue weighted by Gasteiger charge is -2.08. The van der Waals surface area contributed by atoms with Crippen LogP contribution in [0.1, 0.15) is 30.2 Å². The summed E-state index contributed by atoms with van der Waals surface area (Å²) in [6.45, 7) is 1.99. The SMILES string of the molecule is CCOC(=O)Cc1cc(CBr)c(C(F)F)cn1. The summed E-state index contributed by atoms with van der Waals surface area (Å²) >= 11 is 3.13. The second kappa shape index (κ2) is 6.64. The first-order valence-corrected chi connectivity index (χ1v) is 6.18. The Kier molecular flexibility index (Phi) is 5.47. The summed E-state index contributed by atoms with van der Waals surface area (Å²) in [5.74, 6) is -0.412. The summed E-state index contributed by atoms with van der Waals surface area (Å²) in [5, 5.41) is 0.297. The summed E-state index contributed by atoms with van der Waals surface area (Å²) in [7, 11) is 0. The number of rotatable bonds is 5. The lowest BCUT2D eigenvalue weighted by molar-refractivity contribution is -0.142. The molecule has 0 saturated carbocycles. The summed E-state index contributed by atoms with van der Waals surface area (Å²) in [5.41, 5.74) is 0.756. The third-order valence-electron chi connectivity index (χ3n) is 2.09. The topological polar surface area (TPSA) is 39.2 Å². The van der Waals surface area contributed by atoms with Crippen molar-refractivity contribution < 1.29 is 18.3 Å². The monoisotopic (exact) mass is 307 g/mol. The molecule has 0 amide bonds. The van der Waals surface area contributed by atoms with Gasteiger partial charge in [0, 0.05) is 17.1 Å². The molecule has 6 heteroatoms. The van der Waals surface area contributed by atoms with E-state index in [1.165, 1.54) is 6.07 Å². The van der Waals surface area contributed by atoms with E-state index in [2.05, 4.69) is 20.9 Å². The van der Waals surface area contributed by atoms with Crippen LogP contribution in [0.15, 0.2) is 12.3 Å². The number of halogens is 3. The molecule has 1 aromatic heterocycles. The average molecular weight is 308 g/mol.